The zero-order valence-electron chi connectivity index (χ0n) is 12.5. The molecule has 0 saturated carbocycles. The molecule has 12 N–H and O–H groups in total. The summed E-state index contributed by atoms with van der Waals surface area (Å²) >= 11 is 0. The van der Waals surface area contributed by atoms with E-state index in [1.54, 1.807) is 13.8 Å². The van der Waals surface area contributed by atoms with Crippen LogP contribution in [0.4, 0.5) is 0 Å². The Morgan fingerprint density at radius 2 is 1.04 bits per heavy atom. The van der Waals surface area contributed by atoms with Crippen LogP contribution in [0.3, 0.4) is 0 Å². The van der Waals surface area contributed by atoms with E-state index in [1.807, 2.05) is 0 Å². The van der Waals surface area contributed by atoms with Crippen molar-refractivity contribution in [3.63, 3.8) is 0 Å². The van der Waals surface area contributed by atoms with E-state index in [0.717, 1.165) is 0 Å². The molecule has 0 aromatic carbocycles. The van der Waals surface area contributed by atoms with Gasteiger partial charge in [-0.3, -0.25) is 0 Å². The maximum absolute atomic E-state index is 10.0. The second kappa shape index (κ2) is 17.6. The Bertz CT molecular complexity index is 524. The average Bonchev–Trinajstić information content (AvgIpc) is 2.88. The summed E-state index contributed by atoms with van der Waals surface area (Å²) in [7, 11) is 0. The van der Waals surface area contributed by atoms with E-state index in [2.05, 4.69) is 20.4 Å². The SMILES string of the molecule is Cc1cc(C(=O)[O-])[n-]n1.Cc1cc(C(=O)[O-])[n-]n1.[Cu+2].[Cu+2].[OH3+].[OH3+].[OH3+].[OH3+]. The fourth-order valence-corrected chi connectivity index (χ4v) is 0.976. The number of rotatable bonds is 2. The van der Waals surface area contributed by atoms with Crippen LogP contribution in [0, 0.1) is 13.8 Å². The van der Waals surface area contributed by atoms with Crippen LogP contribution in [-0.2, 0) is 56.0 Å². The second-order valence-corrected chi connectivity index (χ2v) is 3.32. The van der Waals surface area contributed by atoms with E-state index in [1.165, 1.54) is 12.1 Å². The van der Waals surface area contributed by atoms with Gasteiger partial charge in [0.05, 0.1) is 11.9 Å². The largest absolute Gasteiger partial charge is 2.00 e. The molecule has 0 spiro atoms. The second-order valence-electron chi connectivity index (χ2n) is 3.32. The fraction of sp³-hybridized carbons (Fsp3) is 0.200. The molecule has 2 aromatic rings. The van der Waals surface area contributed by atoms with Crippen molar-refractivity contribution in [1.82, 2.24) is 20.4 Å². The average molecular weight is 451 g/mol. The molecule has 24 heavy (non-hydrogen) atoms. The summed E-state index contributed by atoms with van der Waals surface area (Å²) in [5, 5.41) is 33.5. The zero-order chi connectivity index (χ0) is 13.7. The summed E-state index contributed by atoms with van der Waals surface area (Å²) in [5.74, 6) is -2.56. The third-order valence-electron chi connectivity index (χ3n) is 1.74. The molecule has 0 aliphatic heterocycles. The molecule has 12 nitrogen and oxygen atoms in total. The monoisotopic (exact) mass is 450 g/mol. The van der Waals surface area contributed by atoms with Crippen molar-refractivity contribution < 1.29 is 75.8 Å². The number of hydrogen-bond acceptors (Lipinski definition) is 6. The molecular formula is C10H20Cu2N4O8+4. The fourth-order valence-electron chi connectivity index (χ4n) is 0.976. The van der Waals surface area contributed by atoms with Gasteiger partial charge in [0.15, 0.2) is 0 Å². The van der Waals surface area contributed by atoms with Gasteiger partial charge in [-0.05, 0) is 13.8 Å². The van der Waals surface area contributed by atoms with E-state index < -0.39 is 11.9 Å². The summed E-state index contributed by atoms with van der Waals surface area (Å²) in [4.78, 5) is 20.0. The number of nitrogens with zero attached hydrogens (tertiary/aromatic N) is 4. The van der Waals surface area contributed by atoms with Crippen LogP contribution in [0.15, 0.2) is 12.1 Å². The summed E-state index contributed by atoms with van der Waals surface area (Å²) < 4.78 is 0. The first-order valence-electron chi connectivity index (χ1n) is 4.77. The summed E-state index contributed by atoms with van der Waals surface area (Å²) in [6.45, 7) is 3.33. The normalized spacial score (nSPS) is 7.08. The van der Waals surface area contributed by atoms with Gasteiger partial charge < -0.3 is 62.1 Å². The molecule has 0 atom stereocenters. The Balaban J connectivity index is -0.0000000540. The van der Waals surface area contributed by atoms with Gasteiger partial charge in [-0.25, -0.2) is 0 Å². The molecule has 0 unspecified atom stereocenters. The Kier molecular flexibility index (Phi) is 27.9. The molecule has 0 aliphatic carbocycles. The van der Waals surface area contributed by atoms with Crippen LogP contribution in [0.2, 0.25) is 0 Å². The summed E-state index contributed by atoms with van der Waals surface area (Å²) in [5.41, 5.74) is 0.975. The maximum atomic E-state index is 10.0. The predicted octanol–water partition coefficient (Wildman–Crippen LogP) is -6.27. The van der Waals surface area contributed by atoms with Crippen molar-refractivity contribution in [2.75, 3.05) is 0 Å². The van der Waals surface area contributed by atoms with Crippen molar-refractivity contribution in [3.8, 4) is 0 Å². The molecule has 2 heterocycles. The van der Waals surface area contributed by atoms with Gasteiger partial charge in [0.25, 0.3) is 0 Å². The number of aromatic nitrogens is 4. The van der Waals surface area contributed by atoms with E-state index in [9.17, 15) is 19.8 Å². The van der Waals surface area contributed by atoms with Gasteiger partial charge in [-0.15, -0.1) is 0 Å². The zero-order valence-corrected chi connectivity index (χ0v) is 14.4. The van der Waals surface area contributed by atoms with E-state index in [0.29, 0.717) is 11.4 Å². The molecule has 146 valence electrons. The Hall–Kier alpha value is -1.76. The number of aryl methyl sites for hydroxylation is 2. The molecule has 0 aliphatic rings. The number of aromatic carboxylic acids is 2. The number of carboxylic acids is 2. The Labute approximate surface area is 157 Å². The molecule has 2 radical (unpaired) electrons. The third-order valence-corrected chi connectivity index (χ3v) is 1.74. The van der Waals surface area contributed by atoms with Crippen molar-refractivity contribution in [3.05, 3.63) is 34.9 Å². The molecule has 0 fully saturated rings. The number of carboxylic acid groups (broad SMARTS) is 2. The Morgan fingerprint density at radius 3 is 1.12 bits per heavy atom. The van der Waals surface area contributed by atoms with Crippen LogP contribution in [0.5, 0.6) is 0 Å². The quantitative estimate of drug-likeness (QED) is 0.312. The van der Waals surface area contributed by atoms with Gasteiger partial charge in [-0.1, -0.05) is 23.5 Å². The predicted molar refractivity (Wildman–Crippen MR) is 72.7 cm³/mol. The van der Waals surface area contributed by atoms with Crippen molar-refractivity contribution >= 4 is 11.9 Å². The number of carbonyl (C=O) groups excluding carboxylic acids is 2. The smallest absolute Gasteiger partial charge is 0.574 e. The summed E-state index contributed by atoms with van der Waals surface area (Å²) in [6.07, 6.45) is 0. The summed E-state index contributed by atoms with van der Waals surface area (Å²) in [6, 6.07) is 2.71. The molecule has 0 saturated heterocycles. The van der Waals surface area contributed by atoms with Crippen LogP contribution in [-0.4, -0.2) is 22.1 Å². The Morgan fingerprint density at radius 1 is 0.792 bits per heavy atom. The minimum absolute atomic E-state index is 0. The van der Waals surface area contributed by atoms with E-state index in [4.69, 9.17) is 0 Å². The van der Waals surface area contributed by atoms with Crippen molar-refractivity contribution in [2.45, 2.75) is 13.8 Å². The van der Waals surface area contributed by atoms with E-state index >= 15 is 0 Å². The maximum Gasteiger partial charge on any atom is 2.00 e. The molecule has 0 amide bonds. The molecule has 2 aromatic heterocycles. The topological polar surface area (TPSA) is 266 Å². The van der Waals surface area contributed by atoms with Crippen molar-refractivity contribution in [1.29, 1.82) is 0 Å². The third kappa shape index (κ3) is 12.8. The van der Waals surface area contributed by atoms with Gasteiger partial charge in [0.1, 0.15) is 0 Å². The number of hydrogen-bond donors (Lipinski definition) is 0. The first-order valence-corrected chi connectivity index (χ1v) is 4.77. The minimum atomic E-state index is -1.28. The molecule has 0 bridgehead atoms. The molecular weight excluding hydrogens is 431 g/mol. The first-order chi connectivity index (χ1) is 8.40. The van der Waals surface area contributed by atoms with Crippen LogP contribution in [0.25, 0.3) is 0 Å². The van der Waals surface area contributed by atoms with Crippen LogP contribution >= 0.6 is 0 Å². The molecule has 14 heteroatoms. The number of carbonyl (C=O) groups is 2. The molecule has 2 rings (SSSR count). The van der Waals surface area contributed by atoms with Gasteiger partial charge in [-0.2, -0.15) is 0 Å². The van der Waals surface area contributed by atoms with Crippen molar-refractivity contribution in [2.24, 2.45) is 0 Å². The van der Waals surface area contributed by atoms with Gasteiger partial charge in [0.2, 0.25) is 0 Å². The van der Waals surface area contributed by atoms with E-state index in [-0.39, 0.29) is 67.4 Å². The first kappa shape index (κ1) is 38.0. The van der Waals surface area contributed by atoms with Gasteiger partial charge >= 0.3 is 34.1 Å². The minimum Gasteiger partial charge on any atom is -0.574 e. The van der Waals surface area contributed by atoms with Crippen LogP contribution < -0.4 is 20.4 Å². The van der Waals surface area contributed by atoms with Gasteiger partial charge in [0, 0.05) is 11.4 Å². The van der Waals surface area contributed by atoms with Crippen LogP contribution in [0.1, 0.15) is 32.4 Å². The standard InChI is InChI=1S/2C5H6N2O2.2Cu.4H2O/c2*1-3-2-4(5(8)9)7-6-3;;;;;;/h2*2H,1H3,(H2,6,7,8,9);;;4*1H2/q;;2*+2;;;;.